The molecule has 1 heterocycles. The fourth-order valence-corrected chi connectivity index (χ4v) is 3.00. The highest BCUT2D eigenvalue weighted by atomic mass is 79.9. The number of ether oxygens (including phenoxy) is 1. The maximum absolute atomic E-state index is 12.3. The molecule has 0 spiro atoms. The second-order valence-electron chi connectivity index (χ2n) is 6.28. The van der Waals surface area contributed by atoms with Crippen molar-refractivity contribution in [2.24, 2.45) is 0 Å². The number of carbonyl (C=O) groups is 1. The predicted molar refractivity (Wildman–Crippen MR) is 105 cm³/mol. The highest BCUT2D eigenvalue weighted by Crippen LogP contribution is 2.20. The average molecular weight is 430 g/mol. The molecule has 1 unspecified atom stereocenters. The van der Waals surface area contributed by atoms with Gasteiger partial charge in [-0.25, -0.2) is 0 Å². The molecular weight excluding hydrogens is 410 g/mol. The van der Waals surface area contributed by atoms with Crippen LogP contribution in [0.3, 0.4) is 0 Å². The molecule has 7 nitrogen and oxygen atoms in total. The van der Waals surface area contributed by atoms with Crippen molar-refractivity contribution in [1.29, 1.82) is 0 Å². The standard InChI is InChI=1S/C19H20BrN5O2/c1-12-7-8-13(2)17(9-12)27-11-18(26)21-14(3)19-22-23-24-25(19)16-6-4-5-15(20)10-16/h4-10,14H,11H2,1-3H3,(H,21,26). The number of halogens is 1. The number of nitrogens with zero attached hydrogens (tertiary/aromatic N) is 4. The molecule has 3 rings (SSSR count). The van der Waals surface area contributed by atoms with Crippen LogP contribution in [0.2, 0.25) is 0 Å². The number of hydrogen-bond donors (Lipinski definition) is 1. The lowest BCUT2D eigenvalue weighted by molar-refractivity contribution is -0.123. The Balaban J connectivity index is 1.65. The van der Waals surface area contributed by atoms with Crippen LogP contribution in [-0.4, -0.2) is 32.7 Å². The van der Waals surface area contributed by atoms with E-state index < -0.39 is 0 Å². The molecule has 0 saturated heterocycles. The Labute approximate surface area is 165 Å². The summed E-state index contributed by atoms with van der Waals surface area (Å²) in [5.74, 6) is 0.997. The van der Waals surface area contributed by atoms with E-state index in [2.05, 4.69) is 36.8 Å². The van der Waals surface area contributed by atoms with E-state index in [1.165, 1.54) is 0 Å². The van der Waals surface area contributed by atoms with Crippen LogP contribution in [0.25, 0.3) is 5.69 Å². The number of tetrazole rings is 1. The Morgan fingerprint density at radius 3 is 2.85 bits per heavy atom. The summed E-state index contributed by atoms with van der Waals surface area (Å²) in [6.07, 6.45) is 0. The van der Waals surface area contributed by atoms with Gasteiger partial charge in [0.1, 0.15) is 5.75 Å². The molecule has 0 fully saturated rings. The minimum absolute atomic E-state index is 0.0763. The Morgan fingerprint density at radius 1 is 1.26 bits per heavy atom. The fourth-order valence-electron chi connectivity index (χ4n) is 2.61. The summed E-state index contributed by atoms with van der Waals surface area (Å²) in [4.78, 5) is 12.3. The summed E-state index contributed by atoms with van der Waals surface area (Å²) in [7, 11) is 0. The van der Waals surface area contributed by atoms with Crippen LogP contribution in [0.5, 0.6) is 5.75 Å². The van der Waals surface area contributed by atoms with Gasteiger partial charge in [0.05, 0.1) is 11.7 Å². The molecule has 0 radical (unpaired) electrons. The Morgan fingerprint density at radius 2 is 2.07 bits per heavy atom. The first-order chi connectivity index (χ1) is 12.9. The number of benzene rings is 2. The minimum atomic E-state index is -0.381. The minimum Gasteiger partial charge on any atom is -0.483 e. The molecule has 0 saturated carbocycles. The fraction of sp³-hybridized carbons (Fsp3) is 0.263. The number of carbonyl (C=O) groups excluding carboxylic acids is 1. The number of rotatable bonds is 6. The quantitative estimate of drug-likeness (QED) is 0.649. The highest BCUT2D eigenvalue weighted by Gasteiger charge is 2.18. The van der Waals surface area contributed by atoms with Crippen LogP contribution in [0, 0.1) is 13.8 Å². The normalized spacial score (nSPS) is 11.9. The lowest BCUT2D eigenvalue weighted by Crippen LogP contribution is -2.32. The van der Waals surface area contributed by atoms with Crippen molar-refractivity contribution < 1.29 is 9.53 Å². The lowest BCUT2D eigenvalue weighted by atomic mass is 10.1. The molecule has 0 bridgehead atoms. The van der Waals surface area contributed by atoms with Crippen molar-refractivity contribution >= 4 is 21.8 Å². The van der Waals surface area contributed by atoms with E-state index in [0.717, 1.165) is 21.3 Å². The average Bonchev–Trinajstić information content (AvgIpc) is 3.12. The van der Waals surface area contributed by atoms with Crippen LogP contribution in [0.15, 0.2) is 46.9 Å². The Kier molecular flexibility index (Phi) is 5.85. The number of amides is 1. The van der Waals surface area contributed by atoms with Crippen molar-refractivity contribution in [3.05, 3.63) is 63.9 Å². The maximum Gasteiger partial charge on any atom is 0.258 e. The lowest BCUT2D eigenvalue weighted by Gasteiger charge is -2.15. The summed E-state index contributed by atoms with van der Waals surface area (Å²) < 4.78 is 8.17. The SMILES string of the molecule is Cc1ccc(C)c(OCC(=O)NC(C)c2nnnn2-c2cccc(Br)c2)c1. The van der Waals surface area contributed by atoms with E-state index in [4.69, 9.17) is 4.74 Å². The van der Waals surface area contributed by atoms with Gasteiger partial charge in [-0.05, 0) is 66.6 Å². The molecule has 140 valence electrons. The molecule has 1 amide bonds. The van der Waals surface area contributed by atoms with Gasteiger partial charge >= 0.3 is 0 Å². The number of nitrogens with one attached hydrogen (secondary N) is 1. The number of aromatic nitrogens is 4. The third-order valence-electron chi connectivity index (χ3n) is 4.01. The third kappa shape index (κ3) is 4.71. The zero-order valence-electron chi connectivity index (χ0n) is 15.3. The van der Waals surface area contributed by atoms with E-state index in [-0.39, 0.29) is 18.6 Å². The van der Waals surface area contributed by atoms with Gasteiger partial charge in [0, 0.05) is 4.47 Å². The first-order valence-corrected chi connectivity index (χ1v) is 9.27. The van der Waals surface area contributed by atoms with E-state index in [1.54, 1.807) is 4.68 Å². The second kappa shape index (κ2) is 8.30. The first-order valence-electron chi connectivity index (χ1n) is 8.47. The van der Waals surface area contributed by atoms with Gasteiger partial charge in [-0.15, -0.1) is 5.10 Å². The second-order valence-corrected chi connectivity index (χ2v) is 7.19. The van der Waals surface area contributed by atoms with Gasteiger partial charge < -0.3 is 10.1 Å². The molecule has 1 atom stereocenters. The Bertz CT molecular complexity index is 957. The van der Waals surface area contributed by atoms with E-state index >= 15 is 0 Å². The smallest absolute Gasteiger partial charge is 0.258 e. The zero-order valence-corrected chi connectivity index (χ0v) is 16.9. The summed E-state index contributed by atoms with van der Waals surface area (Å²) in [5, 5.41) is 14.7. The van der Waals surface area contributed by atoms with Gasteiger partial charge in [-0.1, -0.05) is 34.1 Å². The zero-order chi connectivity index (χ0) is 19.4. The van der Waals surface area contributed by atoms with Crippen LogP contribution < -0.4 is 10.1 Å². The topological polar surface area (TPSA) is 81.9 Å². The van der Waals surface area contributed by atoms with Gasteiger partial charge in [0.15, 0.2) is 12.4 Å². The molecule has 27 heavy (non-hydrogen) atoms. The van der Waals surface area contributed by atoms with Crippen LogP contribution in [0.1, 0.15) is 29.9 Å². The van der Waals surface area contributed by atoms with Crippen LogP contribution in [-0.2, 0) is 4.79 Å². The molecular formula is C19H20BrN5O2. The third-order valence-corrected chi connectivity index (χ3v) is 4.51. The molecule has 0 aliphatic rings. The molecule has 0 aliphatic carbocycles. The van der Waals surface area contributed by atoms with Crippen molar-refractivity contribution in [2.75, 3.05) is 6.61 Å². The van der Waals surface area contributed by atoms with Crippen molar-refractivity contribution in [2.45, 2.75) is 26.8 Å². The number of aryl methyl sites for hydroxylation is 2. The molecule has 2 aromatic carbocycles. The van der Waals surface area contributed by atoms with Crippen molar-refractivity contribution in [3.63, 3.8) is 0 Å². The van der Waals surface area contributed by atoms with Gasteiger partial charge in [0.25, 0.3) is 5.91 Å². The summed E-state index contributed by atoms with van der Waals surface area (Å²) in [6, 6.07) is 13.1. The number of hydrogen-bond acceptors (Lipinski definition) is 5. The highest BCUT2D eigenvalue weighted by molar-refractivity contribution is 9.10. The largest absolute Gasteiger partial charge is 0.483 e. The molecule has 1 N–H and O–H groups in total. The van der Waals surface area contributed by atoms with Gasteiger partial charge in [-0.2, -0.15) is 4.68 Å². The van der Waals surface area contributed by atoms with Crippen molar-refractivity contribution in [3.8, 4) is 11.4 Å². The van der Waals surface area contributed by atoms with E-state index in [1.807, 2.05) is 63.2 Å². The van der Waals surface area contributed by atoms with Crippen molar-refractivity contribution in [1.82, 2.24) is 25.5 Å². The summed E-state index contributed by atoms with van der Waals surface area (Å²) in [6.45, 7) is 5.68. The molecule has 8 heteroatoms. The molecule has 0 aliphatic heterocycles. The predicted octanol–water partition coefficient (Wildman–Crippen LogP) is 3.30. The van der Waals surface area contributed by atoms with Crippen LogP contribution in [0.4, 0.5) is 0 Å². The van der Waals surface area contributed by atoms with E-state index in [9.17, 15) is 4.79 Å². The summed E-state index contributed by atoms with van der Waals surface area (Å²) >= 11 is 3.43. The monoisotopic (exact) mass is 429 g/mol. The Hall–Kier alpha value is -2.74. The first kappa shape index (κ1) is 19.0. The van der Waals surface area contributed by atoms with Gasteiger partial charge in [0.2, 0.25) is 0 Å². The molecule has 1 aromatic heterocycles. The van der Waals surface area contributed by atoms with Gasteiger partial charge in [-0.3, -0.25) is 4.79 Å². The maximum atomic E-state index is 12.3. The van der Waals surface area contributed by atoms with Crippen LogP contribution >= 0.6 is 15.9 Å². The summed E-state index contributed by atoms with van der Waals surface area (Å²) in [5.41, 5.74) is 2.87. The van der Waals surface area contributed by atoms with E-state index in [0.29, 0.717) is 11.6 Å². The molecule has 3 aromatic rings.